The van der Waals surface area contributed by atoms with Crippen LogP contribution in [-0.2, 0) is 16.0 Å². The summed E-state index contributed by atoms with van der Waals surface area (Å²) < 4.78 is 0. The number of benzene rings is 3. The molecule has 0 radical (unpaired) electrons. The molecule has 2 amide bonds. The number of rotatable bonds is 13. The van der Waals surface area contributed by atoms with Crippen molar-refractivity contribution in [2.24, 2.45) is 22.2 Å². The van der Waals surface area contributed by atoms with Crippen LogP contribution in [0.1, 0.15) is 41.9 Å². The second-order valence-electron chi connectivity index (χ2n) is 8.74. The average Bonchev–Trinajstić information content (AvgIpc) is 2.89. The molecule has 7 heteroatoms. The van der Waals surface area contributed by atoms with Crippen LogP contribution in [0.15, 0.2) is 96.0 Å². The van der Waals surface area contributed by atoms with Crippen molar-refractivity contribution in [1.82, 2.24) is 4.90 Å². The SMILES string of the molecule is NC(=O)[C@@H](CCCN=C(N)N)N(CCCc1ccccc1)C(=O)C(c1ccccc1)c1ccccc1. The normalized spacial score (nSPS) is 11.6. The molecule has 0 saturated heterocycles. The highest BCUT2D eigenvalue weighted by Crippen LogP contribution is 2.28. The molecule has 3 aromatic rings. The molecule has 0 unspecified atom stereocenters. The van der Waals surface area contributed by atoms with Crippen molar-refractivity contribution in [1.29, 1.82) is 0 Å². The minimum atomic E-state index is -0.766. The summed E-state index contributed by atoms with van der Waals surface area (Å²) in [6.45, 7) is 0.763. The highest BCUT2D eigenvalue weighted by molar-refractivity contribution is 5.92. The molecule has 6 N–H and O–H groups in total. The number of nitrogens with zero attached hydrogens (tertiary/aromatic N) is 2. The molecule has 0 aliphatic carbocycles. The van der Waals surface area contributed by atoms with Gasteiger partial charge in [0.2, 0.25) is 11.8 Å². The molecule has 0 spiro atoms. The van der Waals surface area contributed by atoms with Gasteiger partial charge in [-0.3, -0.25) is 14.6 Å². The van der Waals surface area contributed by atoms with Crippen molar-refractivity contribution < 1.29 is 9.59 Å². The van der Waals surface area contributed by atoms with E-state index in [0.717, 1.165) is 17.5 Å². The van der Waals surface area contributed by atoms with Crippen LogP contribution in [-0.4, -0.2) is 41.8 Å². The summed E-state index contributed by atoms with van der Waals surface area (Å²) in [5, 5.41) is 0. The first-order chi connectivity index (χ1) is 17.5. The van der Waals surface area contributed by atoms with Gasteiger partial charge in [0.05, 0.1) is 5.92 Å². The van der Waals surface area contributed by atoms with E-state index >= 15 is 0 Å². The number of amides is 2. The maximum absolute atomic E-state index is 14.2. The highest BCUT2D eigenvalue weighted by atomic mass is 16.2. The number of carbonyl (C=O) groups excluding carboxylic acids is 2. The van der Waals surface area contributed by atoms with Crippen LogP contribution in [0.2, 0.25) is 0 Å². The summed E-state index contributed by atoms with van der Waals surface area (Å²) in [7, 11) is 0. The molecular weight excluding hydrogens is 450 g/mol. The maximum Gasteiger partial charge on any atom is 0.240 e. The van der Waals surface area contributed by atoms with E-state index in [-0.39, 0.29) is 11.9 Å². The lowest BCUT2D eigenvalue weighted by molar-refractivity contribution is -0.140. The Bertz CT molecular complexity index is 1080. The van der Waals surface area contributed by atoms with E-state index < -0.39 is 17.9 Å². The first-order valence-electron chi connectivity index (χ1n) is 12.3. The second-order valence-corrected chi connectivity index (χ2v) is 8.74. The van der Waals surface area contributed by atoms with Crippen molar-refractivity contribution in [3.63, 3.8) is 0 Å². The van der Waals surface area contributed by atoms with Crippen LogP contribution < -0.4 is 17.2 Å². The fourth-order valence-electron chi connectivity index (χ4n) is 4.40. The molecule has 7 nitrogen and oxygen atoms in total. The molecule has 3 aromatic carbocycles. The number of carbonyl (C=O) groups is 2. The predicted octanol–water partition coefficient (Wildman–Crippen LogP) is 3.19. The fraction of sp³-hybridized carbons (Fsp3) is 0.276. The minimum Gasteiger partial charge on any atom is -0.370 e. The standard InChI is InChI=1S/C29H35N5O2/c30-27(35)25(19-10-20-33-29(31)32)34(21-11-14-22-12-4-1-5-13-22)28(36)26(23-15-6-2-7-16-23)24-17-8-3-9-18-24/h1-9,12-13,15-18,25-26H,10-11,14,19-21H2,(H2,30,35)(H4,31,32,33)/t25-/m1/s1. The van der Waals surface area contributed by atoms with E-state index in [1.54, 1.807) is 4.90 Å². The summed E-state index contributed by atoms with van der Waals surface area (Å²) >= 11 is 0. The van der Waals surface area contributed by atoms with Crippen molar-refractivity contribution >= 4 is 17.8 Å². The Morgan fingerprint density at radius 3 is 1.78 bits per heavy atom. The quantitative estimate of drug-likeness (QED) is 0.195. The number of aryl methyl sites for hydroxylation is 1. The highest BCUT2D eigenvalue weighted by Gasteiger charge is 2.33. The lowest BCUT2D eigenvalue weighted by Gasteiger charge is -2.33. The second kappa shape index (κ2) is 13.7. The van der Waals surface area contributed by atoms with Gasteiger partial charge in [-0.1, -0.05) is 91.0 Å². The maximum atomic E-state index is 14.2. The lowest BCUT2D eigenvalue weighted by Crippen LogP contribution is -2.50. The Morgan fingerprint density at radius 1 is 0.750 bits per heavy atom. The van der Waals surface area contributed by atoms with E-state index in [0.29, 0.717) is 32.4 Å². The van der Waals surface area contributed by atoms with Crippen LogP contribution in [0.3, 0.4) is 0 Å². The van der Waals surface area contributed by atoms with Crippen molar-refractivity contribution in [2.45, 2.75) is 37.6 Å². The van der Waals surface area contributed by atoms with Crippen LogP contribution >= 0.6 is 0 Å². The van der Waals surface area contributed by atoms with Gasteiger partial charge in [0.15, 0.2) is 5.96 Å². The van der Waals surface area contributed by atoms with Crippen molar-refractivity contribution in [2.75, 3.05) is 13.1 Å². The molecule has 0 aliphatic heterocycles. The van der Waals surface area contributed by atoms with Gasteiger partial charge in [-0.05, 0) is 42.4 Å². The first-order valence-corrected chi connectivity index (χ1v) is 12.3. The van der Waals surface area contributed by atoms with Gasteiger partial charge in [-0.15, -0.1) is 0 Å². The smallest absolute Gasteiger partial charge is 0.240 e. The van der Waals surface area contributed by atoms with E-state index in [9.17, 15) is 9.59 Å². The molecule has 188 valence electrons. The summed E-state index contributed by atoms with van der Waals surface area (Å²) in [5.74, 6) is -1.24. The number of hydrogen-bond acceptors (Lipinski definition) is 3. The third-order valence-corrected chi connectivity index (χ3v) is 6.14. The largest absolute Gasteiger partial charge is 0.370 e. The van der Waals surface area contributed by atoms with E-state index in [2.05, 4.69) is 17.1 Å². The van der Waals surface area contributed by atoms with Gasteiger partial charge < -0.3 is 22.1 Å². The number of primary amides is 1. The molecule has 0 saturated carbocycles. The summed E-state index contributed by atoms with van der Waals surface area (Å²) in [5.41, 5.74) is 19.6. The van der Waals surface area contributed by atoms with Crippen molar-refractivity contribution in [3.8, 4) is 0 Å². The molecule has 0 fully saturated rings. The van der Waals surface area contributed by atoms with Crippen LogP contribution in [0.25, 0.3) is 0 Å². The zero-order chi connectivity index (χ0) is 25.8. The minimum absolute atomic E-state index is 0.00496. The fourth-order valence-corrected chi connectivity index (χ4v) is 4.40. The summed E-state index contributed by atoms with van der Waals surface area (Å²) in [4.78, 5) is 32.5. The topological polar surface area (TPSA) is 128 Å². The van der Waals surface area contributed by atoms with Crippen molar-refractivity contribution in [3.05, 3.63) is 108 Å². The first kappa shape index (κ1) is 26.5. The molecule has 1 atom stereocenters. The molecule has 0 bridgehead atoms. The summed E-state index contributed by atoms with van der Waals surface area (Å²) in [6, 6.07) is 28.6. The van der Waals surface area contributed by atoms with E-state index in [4.69, 9.17) is 17.2 Å². The Morgan fingerprint density at radius 2 is 1.28 bits per heavy atom. The molecule has 0 heterocycles. The average molecular weight is 486 g/mol. The van der Waals surface area contributed by atoms with Crippen LogP contribution in [0.5, 0.6) is 0 Å². The molecule has 0 aliphatic rings. The van der Waals surface area contributed by atoms with Gasteiger partial charge in [0.25, 0.3) is 0 Å². The number of guanidine groups is 1. The third kappa shape index (κ3) is 7.70. The molecular formula is C29H35N5O2. The Labute approximate surface area is 213 Å². The Balaban J connectivity index is 1.91. The Hall–Kier alpha value is -4.13. The lowest BCUT2D eigenvalue weighted by atomic mass is 9.89. The number of aliphatic imine (C=N–C) groups is 1. The Kier molecular flexibility index (Phi) is 10.1. The predicted molar refractivity (Wildman–Crippen MR) is 144 cm³/mol. The molecule has 36 heavy (non-hydrogen) atoms. The van der Waals surface area contributed by atoms with Crippen LogP contribution in [0.4, 0.5) is 0 Å². The van der Waals surface area contributed by atoms with Gasteiger partial charge in [-0.25, -0.2) is 0 Å². The van der Waals surface area contributed by atoms with Gasteiger partial charge in [-0.2, -0.15) is 0 Å². The van der Waals surface area contributed by atoms with E-state index in [1.807, 2.05) is 78.9 Å². The summed E-state index contributed by atoms with van der Waals surface area (Å²) in [6.07, 6.45) is 2.38. The van der Waals surface area contributed by atoms with Gasteiger partial charge in [0.1, 0.15) is 6.04 Å². The zero-order valence-corrected chi connectivity index (χ0v) is 20.5. The molecule has 0 aromatic heterocycles. The third-order valence-electron chi connectivity index (χ3n) is 6.14. The number of hydrogen-bond donors (Lipinski definition) is 3. The van der Waals surface area contributed by atoms with Crippen LogP contribution in [0, 0.1) is 0 Å². The number of nitrogens with two attached hydrogens (primary N) is 3. The zero-order valence-electron chi connectivity index (χ0n) is 20.5. The monoisotopic (exact) mass is 485 g/mol. The van der Waals surface area contributed by atoms with E-state index in [1.165, 1.54) is 5.56 Å². The van der Waals surface area contributed by atoms with Gasteiger partial charge >= 0.3 is 0 Å². The molecule has 3 rings (SSSR count). The van der Waals surface area contributed by atoms with Gasteiger partial charge in [0, 0.05) is 13.1 Å².